The Hall–Kier alpha value is -4.09. The Kier molecular flexibility index (Phi) is 26.3. The topological polar surface area (TPSA) is 360 Å². The normalized spacial score (nSPS) is 15.4. The number of thiol groups is 1. The number of aliphatic hydroxyl groups is 2. The number of hydrogen-bond acceptors (Lipinski definition) is 14. The van der Waals surface area contributed by atoms with E-state index in [-0.39, 0.29) is 12.2 Å². The standard InChI is InChI=1S/C34H64N10O11S/c1-5-19(4)27(33(54)38-14-25(47)48)44-34(55)26(18(2)3)43-32(53)24(17-56)42-31(52)23(16-46)41-30(51)22(15-45)40-29(50)21(11-7-9-13-36)39-28(49)20(37)10-6-8-12-35/h18-24,26-27,45-46,56H,5-17,35-37H2,1-4H3,(H,38,54)(H,39,49)(H,40,50)(H,41,51)(H,42,52)(H,43,53)(H,44,55)(H,47,48)/t19-,20-,21-,22-,23-,24-,26-,27-/m0/s1. The van der Waals surface area contributed by atoms with E-state index in [9.17, 15) is 48.6 Å². The zero-order chi connectivity index (χ0) is 43.0. The van der Waals surface area contributed by atoms with Gasteiger partial charge in [-0.15, -0.1) is 0 Å². The maximum Gasteiger partial charge on any atom is 0.322 e. The fourth-order valence-corrected chi connectivity index (χ4v) is 5.34. The van der Waals surface area contributed by atoms with Crippen molar-refractivity contribution < 1.29 is 53.7 Å². The average Bonchev–Trinajstić information content (AvgIpc) is 3.16. The molecule has 0 heterocycles. The summed E-state index contributed by atoms with van der Waals surface area (Å²) >= 11 is 4.12. The van der Waals surface area contributed by atoms with Crippen molar-refractivity contribution in [2.75, 3.05) is 38.6 Å². The number of nitrogens with one attached hydrogen (secondary N) is 7. The van der Waals surface area contributed by atoms with Gasteiger partial charge in [0.2, 0.25) is 41.4 Å². The number of rotatable bonds is 29. The lowest BCUT2D eigenvalue weighted by atomic mass is 9.96. The molecule has 0 bridgehead atoms. The molecule has 0 rings (SSSR count). The summed E-state index contributed by atoms with van der Waals surface area (Å²) in [4.78, 5) is 102. The largest absolute Gasteiger partial charge is 0.480 e. The van der Waals surface area contributed by atoms with Crippen molar-refractivity contribution >= 4 is 59.9 Å². The molecule has 8 atom stereocenters. The second-order valence-corrected chi connectivity index (χ2v) is 14.0. The van der Waals surface area contributed by atoms with E-state index in [1.54, 1.807) is 27.7 Å². The van der Waals surface area contributed by atoms with E-state index in [0.717, 1.165) is 0 Å². The number of amides is 7. The van der Waals surface area contributed by atoms with E-state index < -0.39 is 121 Å². The van der Waals surface area contributed by atoms with Crippen molar-refractivity contribution in [3.8, 4) is 0 Å². The van der Waals surface area contributed by atoms with Crippen LogP contribution >= 0.6 is 12.6 Å². The highest BCUT2D eigenvalue weighted by molar-refractivity contribution is 7.80. The number of carboxylic acid groups (broad SMARTS) is 1. The Balaban J connectivity index is 5.73. The summed E-state index contributed by atoms with van der Waals surface area (Å²) in [7, 11) is 0. The molecule has 16 N–H and O–H groups in total. The van der Waals surface area contributed by atoms with Gasteiger partial charge in [-0.2, -0.15) is 12.6 Å². The van der Waals surface area contributed by atoms with Crippen molar-refractivity contribution in [3.05, 3.63) is 0 Å². The molecule has 0 aliphatic carbocycles. The molecule has 0 unspecified atom stereocenters. The van der Waals surface area contributed by atoms with Crippen LogP contribution in [0.3, 0.4) is 0 Å². The molecule has 56 heavy (non-hydrogen) atoms. The summed E-state index contributed by atoms with van der Waals surface area (Å²) < 4.78 is 0. The number of unbranched alkanes of at least 4 members (excludes halogenated alkanes) is 2. The highest BCUT2D eigenvalue weighted by Gasteiger charge is 2.35. The smallest absolute Gasteiger partial charge is 0.322 e. The maximum atomic E-state index is 13.3. The Labute approximate surface area is 332 Å². The summed E-state index contributed by atoms with van der Waals surface area (Å²) in [6.07, 6.45) is 3.13. The van der Waals surface area contributed by atoms with Crippen LogP contribution in [0.2, 0.25) is 0 Å². The van der Waals surface area contributed by atoms with Gasteiger partial charge >= 0.3 is 5.97 Å². The van der Waals surface area contributed by atoms with Gasteiger partial charge in [-0.1, -0.05) is 40.5 Å². The van der Waals surface area contributed by atoms with Crippen molar-refractivity contribution in [2.45, 2.75) is 115 Å². The van der Waals surface area contributed by atoms with Crippen molar-refractivity contribution in [2.24, 2.45) is 29.0 Å². The fourth-order valence-electron chi connectivity index (χ4n) is 5.09. The van der Waals surface area contributed by atoms with Crippen molar-refractivity contribution in [1.82, 2.24) is 37.2 Å². The van der Waals surface area contributed by atoms with Gasteiger partial charge in [0, 0.05) is 5.75 Å². The third kappa shape index (κ3) is 19.2. The first-order chi connectivity index (χ1) is 26.4. The van der Waals surface area contributed by atoms with E-state index in [0.29, 0.717) is 51.6 Å². The van der Waals surface area contributed by atoms with Crippen LogP contribution in [0.5, 0.6) is 0 Å². The predicted octanol–water partition coefficient (Wildman–Crippen LogP) is -4.70. The Morgan fingerprint density at radius 2 is 1.04 bits per heavy atom. The minimum atomic E-state index is -1.68. The summed E-state index contributed by atoms with van der Waals surface area (Å²) in [6.45, 7) is 4.87. The van der Waals surface area contributed by atoms with Crippen LogP contribution in [-0.2, 0) is 38.4 Å². The van der Waals surface area contributed by atoms with Gasteiger partial charge in [0.05, 0.1) is 19.3 Å². The zero-order valence-electron chi connectivity index (χ0n) is 32.7. The molecule has 21 nitrogen and oxygen atoms in total. The minimum absolute atomic E-state index is 0.138. The highest BCUT2D eigenvalue weighted by atomic mass is 32.1. The van der Waals surface area contributed by atoms with Crippen molar-refractivity contribution in [1.29, 1.82) is 0 Å². The number of carbonyl (C=O) groups is 8. The monoisotopic (exact) mass is 820 g/mol. The lowest BCUT2D eigenvalue weighted by Gasteiger charge is -2.29. The Bertz CT molecular complexity index is 1300. The van der Waals surface area contributed by atoms with Crippen LogP contribution in [0.1, 0.15) is 72.6 Å². The minimum Gasteiger partial charge on any atom is -0.480 e. The number of aliphatic hydroxyl groups excluding tert-OH is 2. The van der Waals surface area contributed by atoms with Gasteiger partial charge in [-0.25, -0.2) is 0 Å². The van der Waals surface area contributed by atoms with Crippen molar-refractivity contribution in [3.63, 3.8) is 0 Å². The fraction of sp³-hybridized carbons (Fsp3) is 0.765. The first-order valence-corrected chi connectivity index (χ1v) is 19.4. The SMILES string of the molecule is CC[C@H](C)[C@H](NC(=O)[C@@H](NC(=O)[C@H](CS)NC(=O)[C@H](CO)NC(=O)[C@H](CO)NC(=O)[C@H](CCCCN)NC(=O)[C@@H](N)CCCCN)C(C)C)C(=O)NCC(=O)O. The number of carboxylic acids is 1. The van der Waals surface area contributed by atoms with Gasteiger partial charge < -0.3 is 69.7 Å². The average molecular weight is 821 g/mol. The lowest BCUT2D eigenvalue weighted by Crippen LogP contribution is -2.62. The molecular weight excluding hydrogens is 756 g/mol. The molecule has 0 aliphatic rings. The van der Waals surface area contributed by atoms with Crippen LogP contribution < -0.4 is 54.4 Å². The molecule has 0 aromatic heterocycles. The van der Waals surface area contributed by atoms with E-state index in [1.165, 1.54) is 0 Å². The zero-order valence-corrected chi connectivity index (χ0v) is 33.6. The molecule has 0 aromatic rings. The second-order valence-electron chi connectivity index (χ2n) is 13.7. The lowest BCUT2D eigenvalue weighted by molar-refractivity contribution is -0.139. The number of carbonyl (C=O) groups excluding carboxylic acids is 7. The number of aliphatic carboxylic acids is 1. The molecule has 0 aromatic carbocycles. The van der Waals surface area contributed by atoms with E-state index in [4.69, 9.17) is 22.3 Å². The van der Waals surface area contributed by atoms with Gasteiger partial charge in [-0.05, 0) is 57.0 Å². The maximum absolute atomic E-state index is 13.3. The van der Waals surface area contributed by atoms with E-state index in [2.05, 4.69) is 49.8 Å². The molecule has 0 spiro atoms. The Morgan fingerprint density at radius 1 is 0.589 bits per heavy atom. The quantitative estimate of drug-likeness (QED) is 0.0249. The number of nitrogens with two attached hydrogens (primary N) is 3. The van der Waals surface area contributed by atoms with E-state index in [1.807, 2.05) is 0 Å². The summed E-state index contributed by atoms with van der Waals surface area (Å²) in [5, 5.41) is 45.6. The molecule has 7 amide bonds. The summed E-state index contributed by atoms with van der Waals surface area (Å²) in [5.41, 5.74) is 17.0. The van der Waals surface area contributed by atoms with Crippen LogP contribution in [0.15, 0.2) is 0 Å². The van der Waals surface area contributed by atoms with Gasteiger partial charge in [0.15, 0.2) is 0 Å². The molecule has 0 aliphatic heterocycles. The molecule has 0 saturated carbocycles. The van der Waals surface area contributed by atoms with Crippen LogP contribution in [-0.4, -0.2) is 144 Å². The van der Waals surface area contributed by atoms with Gasteiger partial charge in [0.25, 0.3) is 0 Å². The number of hydrogen-bond donors (Lipinski definition) is 14. The third-order valence-corrected chi connectivity index (χ3v) is 9.15. The first-order valence-electron chi connectivity index (χ1n) is 18.7. The Morgan fingerprint density at radius 3 is 1.48 bits per heavy atom. The summed E-state index contributed by atoms with van der Waals surface area (Å²) in [6, 6.07) is -9.12. The summed E-state index contributed by atoms with van der Waals surface area (Å²) in [5.74, 6) is -8.42. The first kappa shape index (κ1) is 51.9. The van der Waals surface area contributed by atoms with Crippen LogP contribution in [0, 0.1) is 11.8 Å². The second kappa shape index (κ2) is 28.3. The van der Waals surface area contributed by atoms with Gasteiger partial charge in [-0.3, -0.25) is 38.4 Å². The molecule has 22 heteroatoms. The molecule has 0 radical (unpaired) electrons. The van der Waals surface area contributed by atoms with E-state index >= 15 is 0 Å². The molecule has 322 valence electrons. The van der Waals surface area contributed by atoms with Crippen LogP contribution in [0.25, 0.3) is 0 Å². The van der Waals surface area contributed by atoms with Gasteiger partial charge in [0.1, 0.15) is 42.8 Å². The van der Waals surface area contributed by atoms with Crippen LogP contribution in [0.4, 0.5) is 0 Å². The third-order valence-electron chi connectivity index (χ3n) is 8.79. The molecule has 0 saturated heterocycles. The molecule has 0 fully saturated rings. The predicted molar refractivity (Wildman–Crippen MR) is 208 cm³/mol. The molecular formula is C34H64N10O11S. The highest BCUT2D eigenvalue weighted by Crippen LogP contribution is 2.11.